The van der Waals surface area contributed by atoms with Gasteiger partial charge in [-0.1, -0.05) is 20.8 Å². The van der Waals surface area contributed by atoms with Crippen molar-refractivity contribution in [3.8, 4) is 0 Å². The minimum Gasteiger partial charge on any atom is -0.371 e. The number of rotatable bonds is 5. The Morgan fingerprint density at radius 2 is 2.33 bits per heavy atom. The number of hydrogen-bond acceptors (Lipinski definition) is 3. The molecule has 1 N–H and O–H groups in total. The van der Waals surface area contributed by atoms with Crippen molar-refractivity contribution in [2.75, 3.05) is 24.5 Å². The molecule has 0 spiro atoms. The third-order valence-electron chi connectivity index (χ3n) is 3.51. The lowest BCUT2D eigenvalue weighted by atomic mass is 10.1. The Balaban J connectivity index is 2.01. The van der Waals surface area contributed by atoms with E-state index in [4.69, 9.17) is 0 Å². The van der Waals surface area contributed by atoms with Crippen molar-refractivity contribution >= 4 is 5.69 Å². The summed E-state index contributed by atoms with van der Waals surface area (Å²) in [5.41, 5.74) is 2.69. The Morgan fingerprint density at radius 3 is 3.00 bits per heavy atom. The van der Waals surface area contributed by atoms with Gasteiger partial charge >= 0.3 is 0 Å². The molecule has 1 aromatic heterocycles. The van der Waals surface area contributed by atoms with Gasteiger partial charge in [0.25, 0.3) is 0 Å². The van der Waals surface area contributed by atoms with Crippen molar-refractivity contribution in [3.63, 3.8) is 0 Å². The first-order valence-electron chi connectivity index (χ1n) is 7.05. The van der Waals surface area contributed by atoms with E-state index in [1.54, 1.807) is 0 Å². The first-order chi connectivity index (χ1) is 8.66. The zero-order chi connectivity index (χ0) is 13.0. The number of hydrogen-bond donors (Lipinski definition) is 1. The van der Waals surface area contributed by atoms with E-state index in [0.717, 1.165) is 19.0 Å². The van der Waals surface area contributed by atoms with Gasteiger partial charge in [0.1, 0.15) is 0 Å². The van der Waals surface area contributed by atoms with Crippen LogP contribution < -0.4 is 10.2 Å². The summed E-state index contributed by atoms with van der Waals surface area (Å²) in [5, 5.41) is 3.51. The molecule has 1 aliphatic rings. The second-order valence-corrected chi connectivity index (χ2v) is 5.87. The van der Waals surface area contributed by atoms with Crippen LogP contribution in [0.3, 0.4) is 0 Å². The monoisotopic (exact) mass is 247 g/mol. The quantitative estimate of drug-likeness (QED) is 0.867. The van der Waals surface area contributed by atoms with Crippen LogP contribution in [-0.4, -0.2) is 24.6 Å². The third kappa shape index (κ3) is 3.45. The van der Waals surface area contributed by atoms with E-state index in [0.29, 0.717) is 5.92 Å². The fraction of sp³-hybridized carbons (Fsp3) is 0.667. The molecule has 0 bridgehead atoms. The van der Waals surface area contributed by atoms with E-state index in [1.165, 1.54) is 30.8 Å². The molecule has 1 saturated heterocycles. The van der Waals surface area contributed by atoms with Crippen LogP contribution in [0, 0.1) is 11.8 Å². The molecule has 1 aliphatic heterocycles. The fourth-order valence-electron chi connectivity index (χ4n) is 2.51. The van der Waals surface area contributed by atoms with Crippen LogP contribution >= 0.6 is 0 Å². The molecule has 3 heteroatoms. The van der Waals surface area contributed by atoms with Crippen LogP contribution in [0.2, 0.25) is 0 Å². The molecule has 1 aromatic rings. The van der Waals surface area contributed by atoms with E-state index in [2.05, 4.69) is 42.0 Å². The Kier molecular flexibility index (Phi) is 4.59. The van der Waals surface area contributed by atoms with Gasteiger partial charge in [-0.05, 0) is 30.9 Å². The zero-order valence-electron chi connectivity index (χ0n) is 11.8. The van der Waals surface area contributed by atoms with E-state index in [-0.39, 0.29) is 0 Å². The van der Waals surface area contributed by atoms with Crippen LogP contribution in [0.4, 0.5) is 5.69 Å². The molecule has 0 amide bonds. The van der Waals surface area contributed by atoms with Crippen LogP contribution in [-0.2, 0) is 6.54 Å². The van der Waals surface area contributed by atoms with E-state index < -0.39 is 0 Å². The largest absolute Gasteiger partial charge is 0.371 e. The van der Waals surface area contributed by atoms with Crippen LogP contribution in [0.15, 0.2) is 18.5 Å². The van der Waals surface area contributed by atoms with Crippen LogP contribution in [0.25, 0.3) is 0 Å². The number of pyridine rings is 1. The molecule has 100 valence electrons. The second-order valence-electron chi connectivity index (χ2n) is 5.87. The minimum absolute atomic E-state index is 0.692. The SMILES string of the molecule is CC(C)CNCc1cnccc1N1CCC(C)C1. The summed E-state index contributed by atoms with van der Waals surface area (Å²) in [5.74, 6) is 1.51. The molecule has 1 atom stereocenters. The molecule has 2 rings (SSSR count). The van der Waals surface area contributed by atoms with Crippen molar-refractivity contribution < 1.29 is 0 Å². The summed E-state index contributed by atoms with van der Waals surface area (Å²) >= 11 is 0. The van der Waals surface area contributed by atoms with Crippen LogP contribution in [0.5, 0.6) is 0 Å². The van der Waals surface area contributed by atoms with Crippen molar-refractivity contribution in [1.29, 1.82) is 0 Å². The van der Waals surface area contributed by atoms with Crippen LogP contribution in [0.1, 0.15) is 32.8 Å². The standard InChI is InChI=1S/C15H25N3/c1-12(2)8-17-10-14-9-16-6-4-15(14)18-7-5-13(3)11-18/h4,6,9,12-13,17H,5,7-8,10-11H2,1-3H3. The summed E-state index contributed by atoms with van der Waals surface area (Å²) in [6, 6.07) is 2.16. The third-order valence-corrected chi connectivity index (χ3v) is 3.51. The van der Waals surface area contributed by atoms with Crippen molar-refractivity contribution in [1.82, 2.24) is 10.3 Å². The van der Waals surface area contributed by atoms with Gasteiger partial charge in [0.05, 0.1) is 0 Å². The number of aromatic nitrogens is 1. The Morgan fingerprint density at radius 1 is 1.50 bits per heavy atom. The Bertz CT molecular complexity index is 376. The van der Waals surface area contributed by atoms with Gasteiger partial charge < -0.3 is 10.2 Å². The van der Waals surface area contributed by atoms with Gasteiger partial charge in [-0.3, -0.25) is 4.98 Å². The maximum absolute atomic E-state index is 4.27. The summed E-state index contributed by atoms with van der Waals surface area (Å²) in [6.07, 6.45) is 5.22. The Hall–Kier alpha value is -1.09. The number of nitrogens with one attached hydrogen (secondary N) is 1. The number of nitrogens with zero attached hydrogens (tertiary/aromatic N) is 2. The molecule has 1 unspecified atom stereocenters. The highest BCUT2D eigenvalue weighted by Crippen LogP contribution is 2.26. The van der Waals surface area contributed by atoms with Crippen molar-refractivity contribution in [2.24, 2.45) is 11.8 Å². The fourth-order valence-corrected chi connectivity index (χ4v) is 2.51. The average molecular weight is 247 g/mol. The Labute approximate surface area is 111 Å². The maximum Gasteiger partial charge on any atom is 0.0442 e. The van der Waals surface area contributed by atoms with Gasteiger partial charge in [0.2, 0.25) is 0 Å². The molecule has 0 saturated carbocycles. The topological polar surface area (TPSA) is 28.2 Å². The van der Waals surface area contributed by atoms with Crippen molar-refractivity contribution in [3.05, 3.63) is 24.0 Å². The first kappa shape index (κ1) is 13.3. The van der Waals surface area contributed by atoms with Gasteiger partial charge in [-0.2, -0.15) is 0 Å². The molecular weight excluding hydrogens is 222 g/mol. The highest BCUT2D eigenvalue weighted by Gasteiger charge is 2.20. The summed E-state index contributed by atoms with van der Waals surface area (Å²) < 4.78 is 0. The predicted octanol–water partition coefficient (Wildman–Crippen LogP) is 2.67. The smallest absolute Gasteiger partial charge is 0.0442 e. The molecule has 0 aliphatic carbocycles. The molecule has 0 aromatic carbocycles. The van der Waals surface area contributed by atoms with Gasteiger partial charge in [-0.25, -0.2) is 0 Å². The van der Waals surface area contributed by atoms with Gasteiger partial charge in [0.15, 0.2) is 0 Å². The summed E-state index contributed by atoms with van der Waals surface area (Å²) in [6.45, 7) is 11.1. The van der Waals surface area contributed by atoms with E-state index in [1.807, 2.05) is 12.4 Å². The molecule has 1 fully saturated rings. The highest BCUT2D eigenvalue weighted by molar-refractivity contribution is 5.53. The molecule has 18 heavy (non-hydrogen) atoms. The van der Waals surface area contributed by atoms with Crippen molar-refractivity contribution in [2.45, 2.75) is 33.7 Å². The summed E-state index contributed by atoms with van der Waals surface area (Å²) in [4.78, 5) is 6.77. The lowest BCUT2D eigenvalue weighted by Crippen LogP contribution is -2.24. The molecule has 2 heterocycles. The van der Waals surface area contributed by atoms with E-state index >= 15 is 0 Å². The number of anilines is 1. The van der Waals surface area contributed by atoms with Gasteiger partial charge in [0, 0.05) is 43.3 Å². The van der Waals surface area contributed by atoms with E-state index in [9.17, 15) is 0 Å². The lowest BCUT2D eigenvalue weighted by molar-refractivity contribution is 0.551. The predicted molar refractivity (Wildman–Crippen MR) is 76.8 cm³/mol. The average Bonchev–Trinajstić information content (AvgIpc) is 2.76. The minimum atomic E-state index is 0.692. The highest BCUT2D eigenvalue weighted by atomic mass is 15.2. The lowest BCUT2D eigenvalue weighted by Gasteiger charge is -2.21. The second kappa shape index (κ2) is 6.19. The molecular formula is C15H25N3. The van der Waals surface area contributed by atoms with Gasteiger partial charge in [-0.15, -0.1) is 0 Å². The molecule has 0 radical (unpaired) electrons. The zero-order valence-corrected chi connectivity index (χ0v) is 11.8. The molecule has 3 nitrogen and oxygen atoms in total. The normalized spacial score (nSPS) is 19.8. The maximum atomic E-state index is 4.27. The summed E-state index contributed by atoms with van der Waals surface area (Å²) in [7, 11) is 0. The first-order valence-corrected chi connectivity index (χ1v) is 7.05.